The Morgan fingerprint density at radius 2 is 2.20 bits per heavy atom. The summed E-state index contributed by atoms with van der Waals surface area (Å²) in [6.07, 6.45) is 5.89. The number of nitrogens with one attached hydrogen (secondary N) is 1. The highest BCUT2D eigenvalue weighted by molar-refractivity contribution is 5.85. The van der Waals surface area contributed by atoms with Crippen molar-refractivity contribution in [3.05, 3.63) is 0 Å². The molecular weight excluding hydrogens is 278 g/mol. The summed E-state index contributed by atoms with van der Waals surface area (Å²) < 4.78 is 5.50. The molecule has 5 nitrogen and oxygen atoms in total. The number of halogens is 1. The Bertz CT molecular complexity index is 296. The predicted octanol–water partition coefficient (Wildman–Crippen LogP) is 0.905. The normalized spacial score (nSPS) is 28.7. The molecule has 20 heavy (non-hydrogen) atoms. The highest BCUT2D eigenvalue weighted by Gasteiger charge is 2.27. The molecule has 2 aliphatic heterocycles. The van der Waals surface area contributed by atoms with Crippen LogP contribution >= 0.6 is 12.4 Å². The smallest absolute Gasteiger partial charge is 0.234 e. The Labute approximate surface area is 128 Å². The van der Waals surface area contributed by atoms with Crippen molar-refractivity contribution in [3.63, 3.8) is 0 Å². The van der Waals surface area contributed by atoms with Crippen LogP contribution < -0.4 is 11.1 Å². The van der Waals surface area contributed by atoms with Crippen molar-refractivity contribution < 1.29 is 9.53 Å². The molecular formula is C14H28ClN3O2. The van der Waals surface area contributed by atoms with Gasteiger partial charge in [0.25, 0.3) is 0 Å². The van der Waals surface area contributed by atoms with Gasteiger partial charge in [-0.15, -0.1) is 12.4 Å². The Balaban J connectivity index is 0.00000200. The Morgan fingerprint density at radius 1 is 1.40 bits per heavy atom. The quantitative estimate of drug-likeness (QED) is 0.792. The summed E-state index contributed by atoms with van der Waals surface area (Å²) in [5.74, 6) is 0.100. The standard InChI is InChI=1S/C14H27N3O2.ClH/c1-11(15)13-6-2-3-7-17(13)10-14(18)16-9-12-5-4-8-19-12;/h11-13H,2-10,15H2,1H3,(H,16,18);1H. The van der Waals surface area contributed by atoms with E-state index < -0.39 is 0 Å². The van der Waals surface area contributed by atoms with E-state index in [9.17, 15) is 4.79 Å². The van der Waals surface area contributed by atoms with Gasteiger partial charge in [0.15, 0.2) is 0 Å². The van der Waals surface area contributed by atoms with Crippen LogP contribution in [0.3, 0.4) is 0 Å². The molecule has 0 aliphatic carbocycles. The van der Waals surface area contributed by atoms with Crippen LogP contribution in [0.15, 0.2) is 0 Å². The summed E-state index contributed by atoms with van der Waals surface area (Å²) in [5, 5.41) is 2.98. The number of piperidine rings is 1. The minimum absolute atomic E-state index is 0. The maximum atomic E-state index is 12.0. The molecule has 0 saturated carbocycles. The molecule has 2 heterocycles. The van der Waals surface area contributed by atoms with Gasteiger partial charge in [-0.2, -0.15) is 0 Å². The number of ether oxygens (including phenoxy) is 1. The van der Waals surface area contributed by atoms with Crippen LogP contribution in [0.4, 0.5) is 0 Å². The minimum atomic E-state index is 0. The van der Waals surface area contributed by atoms with Crippen LogP contribution in [0.25, 0.3) is 0 Å². The fourth-order valence-corrected chi connectivity index (χ4v) is 3.08. The first-order valence-electron chi connectivity index (χ1n) is 7.55. The second-order valence-corrected chi connectivity index (χ2v) is 5.83. The maximum Gasteiger partial charge on any atom is 0.234 e. The van der Waals surface area contributed by atoms with Gasteiger partial charge in [0.05, 0.1) is 12.6 Å². The number of carbonyl (C=O) groups is 1. The number of nitrogens with two attached hydrogens (primary N) is 1. The van der Waals surface area contributed by atoms with E-state index in [1.54, 1.807) is 0 Å². The first kappa shape index (κ1) is 17.7. The van der Waals surface area contributed by atoms with Crippen molar-refractivity contribution in [3.8, 4) is 0 Å². The molecule has 2 aliphatic rings. The highest BCUT2D eigenvalue weighted by atomic mass is 35.5. The van der Waals surface area contributed by atoms with Gasteiger partial charge >= 0.3 is 0 Å². The summed E-state index contributed by atoms with van der Waals surface area (Å²) in [6.45, 7) is 4.97. The molecule has 1 amide bonds. The summed E-state index contributed by atoms with van der Waals surface area (Å²) in [5.41, 5.74) is 6.01. The van der Waals surface area contributed by atoms with Gasteiger partial charge in [-0.25, -0.2) is 0 Å². The molecule has 3 atom stereocenters. The van der Waals surface area contributed by atoms with Crippen molar-refractivity contribution in [1.82, 2.24) is 10.2 Å². The van der Waals surface area contributed by atoms with Gasteiger partial charge in [0.1, 0.15) is 0 Å². The lowest BCUT2D eigenvalue weighted by atomic mass is 9.97. The third kappa shape index (κ3) is 5.20. The first-order chi connectivity index (χ1) is 9.16. The van der Waals surface area contributed by atoms with Crippen LogP contribution in [-0.4, -0.2) is 55.2 Å². The molecule has 118 valence electrons. The summed E-state index contributed by atoms with van der Waals surface area (Å²) in [7, 11) is 0. The molecule has 0 aromatic heterocycles. The molecule has 3 unspecified atom stereocenters. The maximum absolute atomic E-state index is 12.0. The fraction of sp³-hybridized carbons (Fsp3) is 0.929. The number of amides is 1. The van der Waals surface area contributed by atoms with Gasteiger partial charge in [0.2, 0.25) is 5.91 Å². The molecule has 2 saturated heterocycles. The number of likely N-dealkylation sites (tertiary alicyclic amines) is 1. The zero-order valence-corrected chi connectivity index (χ0v) is 13.2. The molecule has 0 spiro atoms. The van der Waals surface area contributed by atoms with Crippen LogP contribution in [0.2, 0.25) is 0 Å². The van der Waals surface area contributed by atoms with E-state index >= 15 is 0 Å². The molecule has 0 aromatic carbocycles. The average Bonchev–Trinajstić information content (AvgIpc) is 2.90. The lowest BCUT2D eigenvalue weighted by Gasteiger charge is -2.37. The predicted molar refractivity (Wildman–Crippen MR) is 82.1 cm³/mol. The zero-order valence-electron chi connectivity index (χ0n) is 12.3. The van der Waals surface area contributed by atoms with E-state index in [0.717, 1.165) is 32.4 Å². The van der Waals surface area contributed by atoms with E-state index in [-0.39, 0.29) is 30.5 Å². The Hall–Kier alpha value is -0.360. The second-order valence-electron chi connectivity index (χ2n) is 5.83. The summed E-state index contributed by atoms with van der Waals surface area (Å²) in [6, 6.07) is 0.480. The fourth-order valence-electron chi connectivity index (χ4n) is 3.08. The van der Waals surface area contributed by atoms with E-state index in [1.165, 1.54) is 12.8 Å². The number of rotatable bonds is 5. The van der Waals surface area contributed by atoms with Crippen molar-refractivity contribution in [1.29, 1.82) is 0 Å². The second kappa shape index (κ2) is 8.82. The van der Waals surface area contributed by atoms with E-state index in [1.807, 2.05) is 6.92 Å². The topological polar surface area (TPSA) is 67.6 Å². The van der Waals surface area contributed by atoms with E-state index in [0.29, 0.717) is 19.1 Å². The average molecular weight is 306 g/mol. The number of hydrogen-bond acceptors (Lipinski definition) is 4. The van der Waals surface area contributed by atoms with Crippen LogP contribution in [-0.2, 0) is 9.53 Å². The Kier molecular flexibility index (Phi) is 7.80. The molecule has 2 rings (SSSR count). The zero-order chi connectivity index (χ0) is 13.7. The van der Waals surface area contributed by atoms with E-state index in [2.05, 4.69) is 10.2 Å². The number of carbonyl (C=O) groups excluding carboxylic acids is 1. The molecule has 2 fully saturated rings. The highest BCUT2D eigenvalue weighted by Crippen LogP contribution is 2.18. The first-order valence-corrected chi connectivity index (χ1v) is 7.55. The third-order valence-corrected chi connectivity index (χ3v) is 4.17. The van der Waals surface area contributed by atoms with Crippen molar-refractivity contribution in [2.24, 2.45) is 5.73 Å². The summed E-state index contributed by atoms with van der Waals surface area (Å²) in [4.78, 5) is 14.2. The minimum Gasteiger partial charge on any atom is -0.376 e. The SMILES string of the molecule is CC(N)C1CCCCN1CC(=O)NCC1CCCO1.Cl. The number of hydrogen-bond donors (Lipinski definition) is 2. The lowest BCUT2D eigenvalue weighted by Crippen LogP contribution is -2.52. The molecule has 6 heteroatoms. The van der Waals surface area contributed by atoms with Gasteiger partial charge in [-0.1, -0.05) is 6.42 Å². The van der Waals surface area contributed by atoms with E-state index in [4.69, 9.17) is 10.5 Å². The number of nitrogens with zero attached hydrogens (tertiary/aromatic N) is 1. The van der Waals surface area contributed by atoms with Crippen LogP contribution in [0.1, 0.15) is 39.0 Å². The van der Waals surface area contributed by atoms with Crippen molar-refractivity contribution in [2.45, 2.75) is 57.2 Å². The van der Waals surface area contributed by atoms with Gasteiger partial charge in [-0.05, 0) is 39.2 Å². The van der Waals surface area contributed by atoms with Gasteiger partial charge in [-0.3, -0.25) is 9.69 Å². The molecule has 0 bridgehead atoms. The molecule has 0 radical (unpaired) electrons. The molecule has 0 aromatic rings. The largest absolute Gasteiger partial charge is 0.376 e. The van der Waals surface area contributed by atoms with Gasteiger partial charge in [0, 0.05) is 25.2 Å². The van der Waals surface area contributed by atoms with Gasteiger partial charge < -0.3 is 15.8 Å². The Morgan fingerprint density at radius 3 is 2.85 bits per heavy atom. The third-order valence-electron chi connectivity index (χ3n) is 4.17. The monoisotopic (exact) mass is 305 g/mol. The summed E-state index contributed by atoms with van der Waals surface area (Å²) >= 11 is 0. The van der Waals surface area contributed by atoms with Crippen molar-refractivity contribution in [2.75, 3.05) is 26.2 Å². The molecule has 3 N–H and O–H groups in total. The van der Waals surface area contributed by atoms with Crippen LogP contribution in [0.5, 0.6) is 0 Å². The lowest BCUT2D eigenvalue weighted by molar-refractivity contribution is -0.123. The van der Waals surface area contributed by atoms with Crippen molar-refractivity contribution >= 4 is 18.3 Å². The van der Waals surface area contributed by atoms with Crippen LogP contribution in [0, 0.1) is 0 Å².